The highest BCUT2D eigenvalue weighted by Crippen LogP contribution is 2.34. The number of alkyl halides is 3. The first-order chi connectivity index (χ1) is 14.4. The summed E-state index contributed by atoms with van der Waals surface area (Å²) in [5.41, 5.74) is -1.01. The van der Waals surface area contributed by atoms with Gasteiger partial charge < -0.3 is 9.57 Å². The fourth-order valence-corrected chi connectivity index (χ4v) is 3.57. The van der Waals surface area contributed by atoms with Crippen molar-refractivity contribution in [2.24, 2.45) is 5.16 Å². The van der Waals surface area contributed by atoms with E-state index in [0.29, 0.717) is 11.8 Å². The Hall–Kier alpha value is -3.02. The van der Waals surface area contributed by atoms with Gasteiger partial charge in [-0.1, -0.05) is 17.3 Å². The molecule has 0 amide bonds. The van der Waals surface area contributed by atoms with E-state index in [0.717, 1.165) is 0 Å². The van der Waals surface area contributed by atoms with Crippen molar-refractivity contribution in [3.8, 4) is 17.0 Å². The van der Waals surface area contributed by atoms with Gasteiger partial charge in [-0.3, -0.25) is 0 Å². The predicted molar refractivity (Wildman–Crippen MR) is 105 cm³/mol. The number of sulfone groups is 1. The molecule has 1 heterocycles. The molecular weight excluding hydrogens is 439 g/mol. The van der Waals surface area contributed by atoms with Crippen LogP contribution in [0.15, 0.2) is 40.6 Å². The molecule has 0 saturated carbocycles. The van der Waals surface area contributed by atoms with Crippen LogP contribution in [0, 0.1) is 0 Å². The summed E-state index contributed by atoms with van der Waals surface area (Å²) in [7, 11) is -3.00. The minimum atomic E-state index is -4.90. The van der Waals surface area contributed by atoms with Crippen molar-refractivity contribution in [1.82, 2.24) is 9.97 Å². The van der Waals surface area contributed by atoms with Crippen molar-refractivity contribution < 1.29 is 36.0 Å². The lowest BCUT2D eigenvalue weighted by Crippen LogP contribution is -2.17. The highest BCUT2D eigenvalue weighted by Gasteiger charge is 2.35. The van der Waals surface area contributed by atoms with Gasteiger partial charge in [-0.05, 0) is 38.5 Å². The Balaban J connectivity index is 2.36. The van der Waals surface area contributed by atoms with Crippen molar-refractivity contribution in [2.45, 2.75) is 38.0 Å². The fourth-order valence-electron chi connectivity index (χ4n) is 2.39. The SMILES string of the molecule is COc1ccccc1-c1cc(C(F)(F)F)nc(S(=O)(=O)CCCC(=O)ON=C(C)C)n1. The van der Waals surface area contributed by atoms with Crippen LogP contribution in [0.2, 0.25) is 0 Å². The number of para-hydroxylation sites is 1. The van der Waals surface area contributed by atoms with Crippen LogP contribution in [0.4, 0.5) is 13.2 Å². The van der Waals surface area contributed by atoms with E-state index >= 15 is 0 Å². The van der Waals surface area contributed by atoms with Gasteiger partial charge in [0, 0.05) is 12.0 Å². The molecule has 2 aromatic rings. The number of benzene rings is 1. The van der Waals surface area contributed by atoms with E-state index in [9.17, 15) is 26.4 Å². The summed E-state index contributed by atoms with van der Waals surface area (Å²) in [5.74, 6) is -1.20. The number of carbonyl (C=O) groups is 1. The number of rotatable bonds is 8. The molecule has 0 radical (unpaired) electrons. The van der Waals surface area contributed by atoms with Gasteiger partial charge in [0.15, 0.2) is 0 Å². The summed E-state index contributed by atoms with van der Waals surface area (Å²) in [4.78, 5) is 23.1. The molecule has 168 valence electrons. The average molecular weight is 459 g/mol. The summed E-state index contributed by atoms with van der Waals surface area (Å²) in [6, 6.07) is 6.76. The summed E-state index contributed by atoms with van der Waals surface area (Å²) in [6.45, 7) is 3.20. The Bertz CT molecular complexity index is 1080. The molecule has 0 unspecified atom stereocenters. The Morgan fingerprint density at radius 2 is 1.84 bits per heavy atom. The summed E-state index contributed by atoms with van der Waals surface area (Å²) in [5, 5.41) is 2.47. The van der Waals surface area contributed by atoms with Crippen LogP contribution >= 0.6 is 0 Å². The average Bonchev–Trinajstić information content (AvgIpc) is 2.71. The zero-order valence-corrected chi connectivity index (χ0v) is 17.7. The molecule has 12 heteroatoms. The number of hydrogen-bond donors (Lipinski definition) is 0. The van der Waals surface area contributed by atoms with Crippen LogP contribution in [-0.2, 0) is 25.6 Å². The zero-order chi connectivity index (χ0) is 23.2. The van der Waals surface area contributed by atoms with E-state index in [4.69, 9.17) is 4.74 Å². The molecule has 0 aliphatic heterocycles. The Labute approximate surface area is 177 Å². The van der Waals surface area contributed by atoms with Crippen LogP contribution in [0.1, 0.15) is 32.4 Å². The number of carbonyl (C=O) groups excluding carboxylic acids is 1. The molecule has 8 nitrogen and oxygen atoms in total. The molecule has 2 rings (SSSR count). The van der Waals surface area contributed by atoms with Crippen molar-refractivity contribution in [1.29, 1.82) is 0 Å². The normalized spacial score (nSPS) is 11.7. The molecular formula is C19H20F3N3O5S. The Kier molecular flexibility index (Phi) is 7.71. The third kappa shape index (κ3) is 6.74. The maximum Gasteiger partial charge on any atom is 0.433 e. The summed E-state index contributed by atoms with van der Waals surface area (Å²) < 4.78 is 70.4. The monoisotopic (exact) mass is 459 g/mol. The molecule has 0 atom stereocenters. The van der Waals surface area contributed by atoms with Crippen LogP contribution in [0.5, 0.6) is 5.75 Å². The van der Waals surface area contributed by atoms with Gasteiger partial charge in [-0.2, -0.15) is 13.2 Å². The minimum absolute atomic E-state index is 0.172. The van der Waals surface area contributed by atoms with E-state index in [-0.39, 0.29) is 29.8 Å². The number of hydrogen-bond acceptors (Lipinski definition) is 8. The first-order valence-electron chi connectivity index (χ1n) is 8.97. The second kappa shape index (κ2) is 9.86. The van der Waals surface area contributed by atoms with Crippen molar-refractivity contribution >= 4 is 21.5 Å². The minimum Gasteiger partial charge on any atom is -0.496 e. The topological polar surface area (TPSA) is 108 Å². The van der Waals surface area contributed by atoms with Gasteiger partial charge in [0.25, 0.3) is 0 Å². The van der Waals surface area contributed by atoms with E-state index in [2.05, 4.69) is 20.0 Å². The van der Waals surface area contributed by atoms with Crippen LogP contribution in [0.25, 0.3) is 11.3 Å². The number of oxime groups is 1. The lowest BCUT2D eigenvalue weighted by Gasteiger charge is -2.13. The third-order valence-corrected chi connectivity index (χ3v) is 5.35. The van der Waals surface area contributed by atoms with Gasteiger partial charge in [-0.25, -0.2) is 23.2 Å². The van der Waals surface area contributed by atoms with Gasteiger partial charge in [0.2, 0.25) is 15.0 Å². The van der Waals surface area contributed by atoms with Crippen molar-refractivity contribution in [2.75, 3.05) is 12.9 Å². The molecule has 0 N–H and O–H groups in total. The highest BCUT2D eigenvalue weighted by molar-refractivity contribution is 7.91. The molecule has 0 spiro atoms. The first-order valence-corrected chi connectivity index (χ1v) is 10.6. The molecule has 0 fully saturated rings. The van der Waals surface area contributed by atoms with Gasteiger partial charge in [0.05, 0.1) is 24.3 Å². The Morgan fingerprint density at radius 1 is 1.16 bits per heavy atom. The largest absolute Gasteiger partial charge is 0.496 e. The van der Waals surface area contributed by atoms with Crippen LogP contribution in [-0.4, -0.2) is 42.9 Å². The molecule has 1 aromatic heterocycles. The fraction of sp³-hybridized carbons (Fsp3) is 0.368. The molecule has 0 aliphatic carbocycles. The summed E-state index contributed by atoms with van der Waals surface area (Å²) in [6.07, 6.45) is -5.40. The highest BCUT2D eigenvalue weighted by atomic mass is 32.2. The van der Waals surface area contributed by atoms with E-state index in [1.165, 1.54) is 19.2 Å². The molecule has 0 bridgehead atoms. The van der Waals surface area contributed by atoms with Gasteiger partial charge >= 0.3 is 12.1 Å². The quantitative estimate of drug-likeness (QED) is 0.257. The van der Waals surface area contributed by atoms with Gasteiger partial charge in [-0.15, -0.1) is 0 Å². The maximum atomic E-state index is 13.4. The number of ether oxygens (including phenoxy) is 1. The second-order valence-electron chi connectivity index (χ2n) is 6.54. The molecule has 0 saturated heterocycles. The van der Waals surface area contributed by atoms with Crippen molar-refractivity contribution in [3.63, 3.8) is 0 Å². The van der Waals surface area contributed by atoms with Crippen LogP contribution < -0.4 is 4.74 Å². The smallest absolute Gasteiger partial charge is 0.433 e. The van der Waals surface area contributed by atoms with E-state index in [1.807, 2.05) is 0 Å². The lowest BCUT2D eigenvalue weighted by atomic mass is 10.1. The first kappa shape index (κ1) is 24.3. The Morgan fingerprint density at radius 3 is 2.45 bits per heavy atom. The molecule has 1 aromatic carbocycles. The number of aromatic nitrogens is 2. The van der Waals surface area contributed by atoms with Crippen LogP contribution in [0.3, 0.4) is 0 Å². The summed E-state index contributed by atoms with van der Waals surface area (Å²) >= 11 is 0. The number of methoxy groups -OCH3 is 1. The van der Waals surface area contributed by atoms with E-state index in [1.54, 1.807) is 26.0 Å². The van der Waals surface area contributed by atoms with E-state index < -0.39 is 38.6 Å². The number of nitrogens with zero attached hydrogens (tertiary/aromatic N) is 3. The second-order valence-corrected chi connectivity index (χ2v) is 8.55. The molecule has 0 aliphatic rings. The molecule has 31 heavy (non-hydrogen) atoms. The maximum absolute atomic E-state index is 13.4. The lowest BCUT2D eigenvalue weighted by molar-refractivity contribution is -0.143. The number of halogens is 3. The van der Waals surface area contributed by atoms with Crippen molar-refractivity contribution in [3.05, 3.63) is 36.0 Å². The predicted octanol–water partition coefficient (Wildman–Crippen LogP) is 3.66. The standard InChI is InChI=1S/C19H20F3N3O5S/c1-12(2)25-30-17(26)9-6-10-31(27,28)18-23-14(11-16(24-18)19(20,21)22)13-7-4-5-8-15(13)29-3/h4-5,7-8,11H,6,9-10H2,1-3H3. The van der Waals surface area contributed by atoms with Gasteiger partial charge in [0.1, 0.15) is 11.4 Å². The third-order valence-electron chi connectivity index (χ3n) is 3.78. The zero-order valence-electron chi connectivity index (χ0n) is 16.9.